The Labute approximate surface area is 90.2 Å². The molecule has 84 valence electrons. The van der Waals surface area contributed by atoms with E-state index in [0.29, 0.717) is 0 Å². The maximum Gasteiger partial charge on any atom is 0.153 e. The van der Waals surface area contributed by atoms with Crippen LogP contribution >= 0.6 is 0 Å². The van der Waals surface area contributed by atoms with Crippen molar-refractivity contribution in [1.82, 2.24) is 0 Å². The molecule has 3 nitrogen and oxygen atoms in total. The highest BCUT2D eigenvalue weighted by Gasteiger charge is 2.37. The van der Waals surface area contributed by atoms with E-state index >= 15 is 0 Å². The lowest BCUT2D eigenvalue weighted by atomic mass is 9.75. The van der Waals surface area contributed by atoms with Crippen LogP contribution in [0, 0.1) is 11.8 Å². The molecule has 0 saturated heterocycles. The topological polar surface area (TPSA) is 51.2 Å². The maximum absolute atomic E-state index is 11.9. The van der Waals surface area contributed by atoms with Gasteiger partial charge in [-0.2, -0.15) is 0 Å². The molecule has 0 aromatic carbocycles. The Morgan fingerprint density at radius 1 is 1.07 bits per heavy atom. The van der Waals surface area contributed by atoms with Crippen LogP contribution in [0.5, 0.6) is 0 Å². The summed E-state index contributed by atoms with van der Waals surface area (Å²) in [4.78, 5) is 35.0. The molecule has 15 heavy (non-hydrogen) atoms. The summed E-state index contributed by atoms with van der Waals surface area (Å²) in [5, 5.41) is 0. The third-order valence-corrected chi connectivity index (χ3v) is 3.13. The van der Waals surface area contributed by atoms with Gasteiger partial charge in [-0.15, -0.1) is 0 Å². The van der Waals surface area contributed by atoms with Gasteiger partial charge in [-0.05, 0) is 12.8 Å². The van der Waals surface area contributed by atoms with Crippen LogP contribution in [0.2, 0.25) is 0 Å². The van der Waals surface area contributed by atoms with Gasteiger partial charge >= 0.3 is 0 Å². The first-order valence-corrected chi connectivity index (χ1v) is 5.70. The predicted octanol–water partition coefficient (Wildman–Crippen LogP) is 1.93. The molecule has 1 rings (SSSR count). The third kappa shape index (κ3) is 2.52. The third-order valence-electron chi connectivity index (χ3n) is 3.13. The van der Waals surface area contributed by atoms with Gasteiger partial charge in [0, 0.05) is 18.8 Å². The zero-order valence-electron chi connectivity index (χ0n) is 9.41. The molecule has 0 heterocycles. The Bertz CT molecular complexity index is 261. The van der Waals surface area contributed by atoms with E-state index in [1.807, 2.05) is 0 Å². The molecule has 0 N–H and O–H groups in total. The lowest BCUT2D eigenvalue weighted by molar-refractivity contribution is -0.142. The summed E-state index contributed by atoms with van der Waals surface area (Å²) in [5.74, 6) is -1.52. The number of carbonyl (C=O) groups excluding carboxylic acids is 3. The van der Waals surface area contributed by atoms with Gasteiger partial charge in [0.1, 0.15) is 5.92 Å². The number of ketones is 3. The van der Waals surface area contributed by atoms with Crippen LogP contribution in [-0.2, 0) is 14.4 Å². The molecular weight excluding hydrogens is 192 g/mol. The van der Waals surface area contributed by atoms with Crippen molar-refractivity contribution in [3.63, 3.8) is 0 Å². The first kappa shape index (κ1) is 12.1. The Hall–Kier alpha value is -0.990. The monoisotopic (exact) mass is 210 g/mol. The van der Waals surface area contributed by atoms with Crippen LogP contribution in [-0.4, -0.2) is 17.3 Å². The zero-order chi connectivity index (χ0) is 11.4. The second-order valence-electron chi connectivity index (χ2n) is 4.10. The van der Waals surface area contributed by atoms with Crippen LogP contribution in [0.1, 0.15) is 46.0 Å². The van der Waals surface area contributed by atoms with E-state index in [1.165, 1.54) is 0 Å². The van der Waals surface area contributed by atoms with Crippen molar-refractivity contribution in [3.05, 3.63) is 0 Å². The molecule has 0 bridgehead atoms. The lowest BCUT2D eigenvalue weighted by Gasteiger charge is -2.26. The minimum absolute atomic E-state index is 0.0269. The SMILES string of the molecule is CCC(=O)C(C(=O)CC)C(=O)C1CCC1. The van der Waals surface area contributed by atoms with Crippen LogP contribution in [0.4, 0.5) is 0 Å². The van der Waals surface area contributed by atoms with Crippen LogP contribution in [0.15, 0.2) is 0 Å². The molecule has 0 aliphatic heterocycles. The molecule has 0 aromatic rings. The Kier molecular flexibility index (Phi) is 4.18. The zero-order valence-corrected chi connectivity index (χ0v) is 9.41. The Morgan fingerprint density at radius 2 is 1.53 bits per heavy atom. The second kappa shape index (κ2) is 5.19. The van der Waals surface area contributed by atoms with Crippen molar-refractivity contribution in [1.29, 1.82) is 0 Å². The molecule has 0 unspecified atom stereocenters. The maximum atomic E-state index is 11.9. The molecule has 1 aliphatic rings. The number of hydrogen-bond acceptors (Lipinski definition) is 3. The van der Waals surface area contributed by atoms with Gasteiger partial charge in [0.25, 0.3) is 0 Å². The summed E-state index contributed by atoms with van der Waals surface area (Å²) in [7, 11) is 0. The van der Waals surface area contributed by atoms with Gasteiger partial charge in [-0.3, -0.25) is 14.4 Å². The van der Waals surface area contributed by atoms with Crippen molar-refractivity contribution in [2.75, 3.05) is 0 Å². The summed E-state index contributed by atoms with van der Waals surface area (Å²) >= 11 is 0. The van der Waals surface area contributed by atoms with Gasteiger partial charge in [0.05, 0.1) is 0 Å². The summed E-state index contributed by atoms with van der Waals surface area (Å²) in [6, 6.07) is 0. The largest absolute Gasteiger partial charge is 0.298 e. The van der Waals surface area contributed by atoms with E-state index in [2.05, 4.69) is 0 Å². The standard InChI is InChI=1S/C12H18O3/c1-3-9(13)11(10(14)4-2)12(15)8-6-5-7-8/h8,11H,3-7H2,1-2H3. The fourth-order valence-electron chi connectivity index (χ4n) is 1.83. The minimum Gasteiger partial charge on any atom is -0.298 e. The minimum atomic E-state index is -0.953. The van der Waals surface area contributed by atoms with E-state index in [-0.39, 0.29) is 36.1 Å². The van der Waals surface area contributed by atoms with Gasteiger partial charge in [0.15, 0.2) is 17.3 Å². The number of hydrogen-bond donors (Lipinski definition) is 0. The number of Topliss-reactive ketones (excluding diaryl/α,β-unsaturated/α-hetero) is 3. The molecular formula is C12H18O3. The van der Waals surface area contributed by atoms with Crippen molar-refractivity contribution in [2.24, 2.45) is 11.8 Å². The number of carbonyl (C=O) groups is 3. The summed E-state index contributed by atoms with van der Waals surface area (Å²) in [6.45, 7) is 3.40. The second-order valence-corrected chi connectivity index (χ2v) is 4.10. The van der Waals surface area contributed by atoms with Crippen molar-refractivity contribution >= 4 is 17.3 Å². The molecule has 0 radical (unpaired) electrons. The van der Waals surface area contributed by atoms with Gasteiger partial charge in [-0.25, -0.2) is 0 Å². The normalized spacial score (nSPS) is 16.2. The summed E-state index contributed by atoms with van der Waals surface area (Å²) in [6.07, 6.45) is 3.29. The van der Waals surface area contributed by atoms with Crippen LogP contribution in [0.3, 0.4) is 0 Å². The van der Waals surface area contributed by atoms with E-state index in [9.17, 15) is 14.4 Å². The van der Waals surface area contributed by atoms with Crippen LogP contribution in [0.25, 0.3) is 0 Å². The van der Waals surface area contributed by atoms with Crippen molar-refractivity contribution in [2.45, 2.75) is 46.0 Å². The van der Waals surface area contributed by atoms with Gasteiger partial charge < -0.3 is 0 Å². The first-order valence-electron chi connectivity index (χ1n) is 5.70. The highest BCUT2D eigenvalue weighted by molar-refractivity contribution is 6.19. The van der Waals surface area contributed by atoms with E-state index < -0.39 is 5.92 Å². The fraction of sp³-hybridized carbons (Fsp3) is 0.750. The van der Waals surface area contributed by atoms with E-state index in [4.69, 9.17) is 0 Å². The Morgan fingerprint density at radius 3 is 1.80 bits per heavy atom. The molecule has 0 atom stereocenters. The average Bonchev–Trinajstić information content (AvgIpc) is 2.14. The molecule has 0 amide bonds. The first-order chi connectivity index (χ1) is 7.11. The molecule has 1 saturated carbocycles. The number of rotatable bonds is 6. The molecule has 0 spiro atoms. The highest BCUT2D eigenvalue weighted by Crippen LogP contribution is 2.30. The Balaban J connectivity index is 2.74. The smallest absolute Gasteiger partial charge is 0.153 e. The fourth-order valence-corrected chi connectivity index (χ4v) is 1.83. The highest BCUT2D eigenvalue weighted by atomic mass is 16.2. The van der Waals surface area contributed by atoms with Gasteiger partial charge in [0.2, 0.25) is 0 Å². The molecule has 1 fully saturated rings. The predicted molar refractivity (Wildman–Crippen MR) is 56.4 cm³/mol. The van der Waals surface area contributed by atoms with Crippen LogP contribution < -0.4 is 0 Å². The van der Waals surface area contributed by atoms with Crippen molar-refractivity contribution in [3.8, 4) is 0 Å². The van der Waals surface area contributed by atoms with E-state index in [0.717, 1.165) is 19.3 Å². The van der Waals surface area contributed by atoms with Gasteiger partial charge in [-0.1, -0.05) is 20.3 Å². The molecule has 3 heteroatoms. The quantitative estimate of drug-likeness (QED) is 0.629. The molecule has 1 aliphatic carbocycles. The summed E-state index contributed by atoms with van der Waals surface area (Å²) < 4.78 is 0. The summed E-state index contributed by atoms with van der Waals surface area (Å²) in [5.41, 5.74) is 0. The lowest BCUT2D eigenvalue weighted by Crippen LogP contribution is -2.38. The van der Waals surface area contributed by atoms with E-state index in [1.54, 1.807) is 13.8 Å². The average molecular weight is 210 g/mol. The van der Waals surface area contributed by atoms with Crippen molar-refractivity contribution < 1.29 is 14.4 Å². The molecule has 0 aromatic heterocycles.